The number of sulfone groups is 1. The quantitative estimate of drug-likeness (QED) is 0.889. The molecule has 1 heterocycles. The van der Waals surface area contributed by atoms with E-state index in [4.69, 9.17) is 11.6 Å². The first kappa shape index (κ1) is 16.3. The summed E-state index contributed by atoms with van der Waals surface area (Å²) in [5.74, 6) is 0.0466. The second-order valence-corrected chi connectivity index (χ2v) is 7.88. The third-order valence-electron chi connectivity index (χ3n) is 3.68. The largest absolute Gasteiger partial charge is 0.323 e. The van der Waals surface area contributed by atoms with Crippen molar-refractivity contribution < 1.29 is 13.2 Å². The summed E-state index contributed by atoms with van der Waals surface area (Å²) in [6.45, 7) is 2.82. The van der Waals surface area contributed by atoms with E-state index in [1.54, 1.807) is 0 Å². The maximum absolute atomic E-state index is 12.3. The van der Waals surface area contributed by atoms with Gasteiger partial charge in [-0.15, -0.1) is 0 Å². The number of halogens is 1. The van der Waals surface area contributed by atoms with E-state index in [9.17, 15) is 13.2 Å². The smallest absolute Gasteiger partial charge is 0.241 e. The van der Waals surface area contributed by atoms with Gasteiger partial charge in [0.05, 0.1) is 21.6 Å². The highest BCUT2D eigenvalue weighted by atomic mass is 35.5. The molecule has 116 valence electrons. The first-order valence-corrected chi connectivity index (χ1v) is 9.10. The third kappa shape index (κ3) is 3.96. The van der Waals surface area contributed by atoms with Crippen LogP contribution >= 0.6 is 11.6 Å². The van der Waals surface area contributed by atoms with Gasteiger partial charge in [0, 0.05) is 6.26 Å². The molecule has 0 saturated carbocycles. The lowest BCUT2D eigenvalue weighted by atomic mass is 9.92. The molecule has 2 N–H and O–H groups in total. The van der Waals surface area contributed by atoms with Gasteiger partial charge in [0.25, 0.3) is 0 Å². The third-order valence-corrected chi connectivity index (χ3v) is 5.12. The first-order valence-electron chi connectivity index (χ1n) is 6.83. The van der Waals surface area contributed by atoms with Gasteiger partial charge >= 0.3 is 0 Å². The molecule has 2 unspecified atom stereocenters. The van der Waals surface area contributed by atoms with E-state index in [2.05, 4.69) is 10.6 Å². The Labute approximate surface area is 130 Å². The summed E-state index contributed by atoms with van der Waals surface area (Å²) in [7, 11) is -3.34. The van der Waals surface area contributed by atoms with Gasteiger partial charge in [-0.2, -0.15) is 0 Å². The van der Waals surface area contributed by atoms with E-state index in [1.807, 2.05) is 6.92 Å². The van der Waals surface area contributed by atoms with Gasteiger partial charge in [0.1, 0.15) is 0 Å². The van der Waals surface area contributed by atoms with Crippen molar-refractivity contribution >= 4 is 33.0 Å². The number of piperidine rings is 1. The lowest BCUT2D eigenvalue weighted by Gasteiger charge is -2.29. The number of nitrogens with one attached hydrogen (secondary N) is 2. The normalized spacial score (nSPS) is 22.8. The van der Waals surface area contributed by atoms with Crippen molar-refractivity contribution in [2.75, 3.05) is 18.1 Å². The fourth-order valence-corrected chi connectivity index (χ4v) is 3.25. The highest BCUT2D eigenvalue weighted by Gasteiger charge is 2.27. The van der Waals surface area contributed by atoms with Crippen LogP contribution in [0.5, 0.6) is 0 Å². The van der Waals surface area contributed by atoms with Crippen molar-refractivity contribution in [3.05, 3.63) is 23.2 Å². The van der Waals surface area contributed by atoms with Crippen LogP contribution in [0.1, 0.15) is 19.8 Å². The molecule has 1 aliphatic rings. The Hall–Kier alpha value is -1.11. The van der Waals surface area contributed by atoms with Crippen LogP contribution in [0, 0.1) is 5.92 Å². The number of amides is 1. The summed E-state index contributed by atoms with van der Waals surface area (Å²) in [5, 5.41) is 6.22. The molecule has 0 bridgehead atoms. The molecule has 1 fully saturated rings. The Balaban J connectivity index is 2.20. The van der Waals surface area contributed by atoms with Crippen molar-refractivity contribution in [3.8, 4) is 0 Å². The van der Waals surface area contributed by atoms with Crippen LogP contribution < -0.4 is 10.6 Å². The fourth-order valence-electron chi connectivity index (χ4n) is 2.44. The van der Waals surface area contributed by atoms with Crippen LogP contribution in [0.3, 0.4) is 0 Å². The second-order valence-electron chi connectivity index (χ2n) is 5.45. The van der Waals surface area contributed by atoms with E-state index < -0.39 is 9.84 Å². The molecule has 2 atom stereocenters. The highest BCUT2D eigenvalue weighted by Crippen LogP contribution is 2.26. The summed E-state index contributed by atoms with van der Waals surface area (Å²) in [6.07, 6.45) is 3.16. The molecule has 1 saturated heterocycles. The molecule has 0 aromatic heterocycles. The predicted molar refractivity (Wildman–Crippen MR) is 83.4 cm³/mol. The minimum absolute atomic E-state index is 0.131. The van der Waals surface area contributed by atoms with Crippen molar-refractivity contribution in [1.82, 2.24) is 5.32 Å². The van der Waals surface area contributed by atoms with Crippen molar-refractivity contribution in [3.63, 3.8) is 0 Å². The number of anilines is 1. The van der Waals surface area contributed by atoms with E-state index in [0.717, 1.165) is 25.6 Å². The van der Waals surface area contributed by atoms with Gasteiger partial charge in [0.2, 0.25) is 5.91 Å². The molecule has 21 heavy (non-hydrogen) atoms. The Morgan fingerprint density at radius 1 is 1.43 bits per heavy atom. The lowest BCUT2D eigenvalue weighted by Crippen LogP contribution is -2.48. The molecule has 0 radical (unpaired) electrons. The summed E-state index contributed by atoms with van der Waals surface area (Å²) in [4.78, 5) is 12.4. The Bertz CT molecular complexity index is 646. The number of rotatable bonds is 3. The summed E-state index contributed by atoms with van der Waals surface area (Å²) < 4.78 is 23.1. The zero-order valence-corrected chi connectivity index (χ0v) is 13.6. The van der Waals surface area contributed by atoms with Gasteiger partial charge < -0.3 is 10.6 Å². The number of hydrogen-bond acceptors (Lipinski definition) is 4. The summed E-state index contributed by atoms with van der Waals surface area (Å²) in [5.41, 5.74) is 0.323. The molecule has 1 aliphatic heterocycles. The minimum Gasteiger partial charge on any atom is -0.323 e. The van der Waals surface area contributed by atoms with Crippen LogP contribution in [-0.2, 0) is 14.6 Å². The molecule has 1 aromatic rings. The SMILES string of the molecule is CC1CCCNC1C(=O)Nc1cc(S(C)(=O)=O)ccc1Cl. The molecule has 1 amide bonds. The summed E-state index contributed by atoms with van der Waals surface area (Å²) in [6, 6.07) is 4.01. The topological polar surface area (TPSA) is 75.3 Å². The first-order chi connectivity index (χ1) is 9.79. The molecule has 5 nitrogen and oxygen atoms in total. The highest BCUT2D eigenvalue weighted by molar-refractivity contribution is 7.90. The average Bonchev–Trinajstić information content (AvgIpc) is 2.40. The number of carbonyl (C=O) groups excluding carboxylic acids is 1. The Morgan fingerprint density at radius 3 is 2.76 bits per heavy atom. The second kappa shape index (κ2) is 6.34. The molecular weight excluding hydrogens is 312 g/mol. The molecule has 0 aliphatic carbocycles. The van der Waals surface area contributed by atoms with Crippen LogP contribution in [-0.4, -0.2) is 33.2 Å². The van der Waals surface area contributed by atoms with Gasteiger partial charge in [-0.25, -0.2) is 8.42 Å². The predicted octanol–water partition coefficient (Wildman–Crippen LogP) is 2.07. The van der Waals surface area contributed by atoms with Crippen LogP contribution in [0.15, 0.2) is 23.1 Å². The van der Waals surface area contributed by atoms with E-state index >= 15 is 0 Å². The zero-order valence-electron chi connectivity index (χ0n) is 12.0. The maximum Gasteiger partial charge on any atom is 0.241 e. The van der Waals surface area contributed by atoms with Crippen molar-refractivity contribution in [2.24, 2.45) is 5.92 Å². The van der Waals surface area contributed by atoms with Gasteiger partial charge in [-0.1, -0.05) is 18.5 Å². The number of carbonyl (C=O) groups is 1. The van der Waals surface area contributed by atoms with Crippen molar-refractivity contribution in [1.29, 1.82) is 0 Å². The van der Waals surface area contributed by atoms with E-state index in [0.29, 0.717) is 10.7 Å². The molecule has 1 aromatic carbocycles. The zero-order chi connectivity index (χ0) is 15.6. The fraction of sp³-hybridized carbons (Fsp3) is 0.500. The van der Waals surface area contributed by atoms with E-state index in [-0.39, 0.29) is 22.8 Å². The van der Waals surface area contributed by atoms with Crippen LogP contribution in [0.2, 0.25) is 5.02 Å². The Morgan fingerprint density at radius 2 is 2.14 bits per heavy atom. The number of hydrogen-bond donors (Lipinski definition) is 2. The van der Waals surface area contributed by atoms with Gasteiger partial charge in [-0.05, 0) is 43.5 Å². The van der Waals surface area contributed by atoms with Gasteiger partial charge in [0.15, 0.2) is 9.84 Å². The molecule has 2 rings (SSSR count). The van der Waals surface area contributed by atoms with Crippen LogP contribution in [0.4, 0.5) is 5.69 Å². The summed E-state index contributed by atoms with van der Waals surface area (Å²) >= 11 is 6.04. The minimum atomic E-state index is -3.34. The molecular formula is C14H19ClN2O3S. The standard InChI is InChI=1S/C14H19ClN2O3S/c1-9-4-3-7-16-13(9)14(18)17-12-8-10(21(2,19)20)5-6-11(12)15/h5-6,8-9,13,16H,3-4,7H2,1-2H3,(H,17,18). The average molecular weight is 331 g/mol. The number of benzene rings is 1. The maximum atomic E-state index is 12.3. The van der Waals surface area contributed by atoms with Crippen molar-refractivity contribution in [2.45, 2.75) is 30.7 Å². The molecule has 0 spiro atoms. The van der Waals surface area contributed by atoms with Gasteiger partial charge in [-0.3, -0.25) is 4.79 Å². The van der Waals surface area contributed by atoms with E-state index in [1.165, 1.54) is 18.2 Å². The lowest BCUT2D eigenvalue weighted by molar-refractivity contribution is -0.119. The van der Waals surface area contributed by atoms with Crippen LogP contribution in [0.25, 0.3) is 0 Å². The Kier molecular flexibility index (Phi) is 4.91. The monoisotopic (exact) mass is 330 g/mol. The molecule has 7 heteroatoms.